The third-order valence-corrected chi connectivity index (χ3v) is 3.68. The summed E-state index contributed by atoms with van der Waals surface area (Å²) in [4.78, 5) is 14.5. The number of hydrogen-bond acceptors (Lipinski definition) is 5. The average molecular weight is 283 g/mol. The van der Waals surface area contributed by atoms with Gasteiger partial charge in [0.2, 0.25) is 0 Å². The zero-order valence-electron chi connectivity index (χ0n) is 11.3. The summed E-state index contributed by atoms with van der Waals surface area (Å²) in [7, 11) is 0. The summed E-state index contributed by atoms with van der Waals surface area (Å²) in [6.07, 6.45) is 0. The number of rotatable bonds is 4. The first-order chi connectivity index (χ1) is 9.52. The van der Waals surface area contributed by atoms with Gasteiger partial charge in [0, 0.05) is 32.2 Å². The highest BCUT2D eigenvalue weighted by molar-refractivity contribution is 5.63. The standard InChI is InChI=1S/C13H18FN3O3/c1-10(9-18)15-4-6-16(7-5-15)12-3-2-11(14)8-13(12)17(19)20/h2-3,8,10,18H,4-7,9H2,1H3/t10-/m1/s1. The van der Waals surface area contributed by atoms with Crippen LogP contribution in [0.25, 0.3) is 0 Å². The molecule has 1 N–H and O–H groups in total. The molecule has 6 nitrogen and oxygen atoms in total. The second-order valence-electron chi connectivity index (χ2n) is 4.94. The molecule has 0 unspecified atom stereocenters. The highest BCUT2D eigenvalue weighted by Gasteiger charge is 2.25. The minimum atomic E-state index is -0.604. The fourth-order valence-corrected chi connectivity index (χ4v) is 2.43. The Labute approximate surface area is 116 Å². The number of aliphatic hydroxyl groups is 1. The van der Waals surface area contributed by atoms with Crippen molar-refractivity contribution in [1.82, 2.24) is 4.90 Å². The normalized spacial score (nSPS) is 18.1. The first-order valence-corrected chi connectivity index (χ1v) is 6.56. The molecule has 1 fully saturated rings. The summed E-state index contributed by atoms with van der Waals surface area (Å²) in [5.41, 5.74) is 0.251. The lowest BCUT2D eigenvalue weighted by molar-refractivity contribution is -0.384. The Kier molecular flexibility index (Phi) is 4.51. The monoisotopic (exact) mass is 283 g/mol. The fourth-order valence-electron chi connectivity index (χ4n) is 2.43. The quantitative estimate of drug-likeness (QED) is 0.665. The lowest BCUT2D eigenvalue weighted by atomic mass is 10.2. The minimum Gasteiger partial charge on any atom is -0.395 e. The Morgan fingerprint density at radius 3 is 2.60 bits per heavy atom. The van der Waals surface area contributed by atoms with Crippen LogP contribution in [0.15, 0.2) is 18.2 Å². The van der Waals surface area contributed by atoms with Gasteiger partial charge < -0.3 is 10.0 Å². The number of halogens is 1. The fraction of sp³-hybridized carbons (Fsp3) is 0.538. The van der Waals surface area contributed by atoms with Crippen molar-refractivity contribution in [2.45, 2.75) is 13.0 Å². The van der Waals surface area contributed by atoms with Gasteiger partial charge in [0.05, 0.1) is 17.6 Å². The molecule has 2 rings (SSSR count). The van der Waals surface area contributed by atoms with Crippen molar-refractivity contribution in [3.63, 3.8) is 0 Å². The summed E-state index contributed by atoms with van der Waals surface area (Å²) in [5, 5.41) is 20.1. The Bertz CT molecular complexity index is 490. The second kappa shape index (κ2) is 6.15. The van der Waals surface area contributed by atoms with Gasteiger partial charge in [0.25, 0.3) is 5.69 Å². The summed E-state index contributed by atoms with van der Waals surface area (Å²) < 4.78 is 13.1. The summed E-state index contributed by atoms with van der Waals surface area (Å²) in [6.45, 7) is 4.72. The van der Waals surface area contributed by atoms with Crippen molar-refractivity contribution < 1.29 is 14.4 Å². The molecule has 0 radical (unpaired) electrons. The Hall–Kier alpha value is -1.73. The summed E-state index contributed by atoms with van der Waals surface area (Å²) in [5.74, 6) is -0.604. The molecule has 1 heterocycles. The third kappa shape index (κ3) is 3.05. The van der Waals surface area contributed by atoms with Crippen molar-refractivity contribution in [3.8, 4) is 0 Å². The second-order valence-corrected chi connectivity index (χ2v) is 4.94. The highest BCUT2D eigenvalue weighted by atomic mass is 19.1. The third-order valence-electron chi connectivity index (χ3n) is 3.68. The van der Waals surface area contributed by atoms with E-state index < -0.39 is 10.7 Å². The van der Waals surface area contributed by atoms with Crippen LogP contribution in [0.4, 0.5) is 15.8 Å². The molecular formula is C13H18FN3O3. The van der Waals surface area contributed by atoms with Gasteiger partial charge in [-0.2, -0.15) is 0 Å². The molecule has 0 spiro atoms. The number of benzene rings is 1. The maximum absolute atomic E-state index is 13.1. The van der Waals surface area contributed by atoms with Gasteiger partial charge in [0.1, 0.15) is 11.5 Å². The van der Waals surface area contributed by atoms with Gasteiger partial charge in [0.15, 0.2) is 0 Å². The van der Waals surface area contributed by atoms with Crippen LogP contribution in [0.3, 0.4) is 0 Å². The predicted molar refractivity (Wildman–Crippen MR) is 73.4 cm³/mol. The van der Waals surface area contributed by atoms with E-state index in [0.717, 1.165) is 19.2 Å². The van der Waals surface area contributed by atoms with Crippen LogP contribution in [0.5, 0.6) is 0 Å². The number of hydrogen-bond donors (Lipinski definition) is 1. The summed E-state index contributed by atoms with van der Waals surface area (Å²) in [6, 6.07) is 3.74. The van der Waals surface area contributed by atoms with Crippen LogP contribution in [-0.2, 0) is 0 Å². The predicted octanol–water partition coefficient (Wildman–Crippen LogP) is 1.24. The van der Waals surface area contributed by atoms with Crippen molar-refractivity contribution in [1.29, 1.82) is 0 Å². The van der Waals surface area contributed by atoms with E-state index in [0.29, 0.717) is 18.8 Å². The number of nitro groups is 1. The molecule has 1 aliphatic rings. The molecule has 1 aliphatic heterocycles. The Balaban J connectivity index is 2.13. The van der Waals surface area contributed by atoms with Gasteiger partial charge in [-0.3, -0.25) is 15.0 Å². The maximum Gasteiger partial charge on any atom is 0.295 e. The molecular weight excluding hydrogens is 265 g/mol. The topological polar surface area (TPSA) is 69.8 Å². The number of anilines is 1. The lowest BCUT2D eigenvalue weighted by Gasteiger charge is -2.38. The molecule has 1 aromatic carbocycles. The Morgan fingerprint density at radius 1 is 1.40 bits per heavy atom. The SMILES string of the molecule is C[C@H](CO)N1CCN(c2ccc(F)cc2[N+](=O)[O-])CC1. The van der Waals surface area contributed by atoms with Crippen LogP contribution < -0.4 is 4.90 Å². The van der Waals surface area contributed by atoms with Crippen LogP contribution >= 0.6 is 0 Å². The number of aliphatic hydroxyl groups excluding tert-OH is 1. The van der Waals surface area contributed by atoms with E-state index in [1.165, 1.54) is 12.1 Å². The van der Waals surface area contributed by atoms with Gasteiger partial charge in [-0.1, -0.05) is 0 Å². The molecule has 1 aromatic rings. The first kappa shape index (κ1) is 14.7. The van der Waals surface area contributed by atoms with Crippen molar-refractivity contribution in [2.75, 3.05) is 37.7 Å². The van der Waals surface area contributed by atoms with Gasteiger partial charge in [-0.05, 0) is 19.1 Å². The van der Waals surface area contributed by atoms with Crippen molar-refractivity contribution in [2.24, 2.45) is 0 Å². The summed E-state index contributed by atoms with van der Waals surface area (Å²) >= 11 is 0. The zero-order chi connectivity index (χ0) is 14.7. The van der Waals surface area contributed by atoms with Crippen molar-refractivity contribution in [3.05, 3.63) is 34.1 Å². The van der Waals surface area contributed by atoms with Crippen molar-refractivity contribution >= 4 is 11.4 Å². The number of piperazine rings is 1. The van der Waals surface area contributed by atoms with E-state index in [-0.39, 0.29) is 18.3 Å². The van der Waals surface area contributed by atoms with Crippen LogP contribution in [0.2, 0.25) is 0 Å². The molecule has 0 bridgehead atoms. The van der Waals surface area contributed by atoms with Gasteiger partial charge >= 0.3 is 0 Å². The molecule has 1 saturated heterocycles. The molecule has 0 aliphatic carbocycles. The first-order valence-electron chi connectivity index (χ1n) is 6.56. The highest BCUT2D eigenvalue weighted by Crippen LogP contribution is 2.29. The molecule has 1 atom stereocenters. The van der Waals surface area contributed by atoms with Crippen LogP contribution in [0.1, 0.15) is 6.92 Å². The van der Waals surface area contributed by atoms with E-state index in [4.69, 9.17) is 5.11 Å². The van der Waals surface area contributed by atoms with E-state index >= 15 is 0 Å². The molecule has 110 valence electrons. The number of nitrogens with zero attached hydrogens (tertiary/aromatic N) is 3. The van der Waals surface area contributed by atoms with Gasteiger partial charge in [-0.25, -0.2) is 4.39 Å². The maximum atomic E-state index is 13.1. The smallest absolute Gasteiger partial charge is 0.295 e. The van der Waals surface area contributed by atoms with E-state index in [1.807, 2.05) is 11.8 Å². The average Bonchev–Trinajstić information content (AvgIpc) is 2.46. The molecule has 0 amide bonds. The molecule has 0 saturated carbocycles. The minimum absolute atomic E-state index is 0.0837. The Morgan fingerprint density at radius 2 is 2.05 bits per heavy atom. The largest absolute Gasteiger partial charge is 0.395 e. The van der Waals surface area contributed by atoms with E-state index in [1.54, 1.807) is 0 Å². The molecule has 0 aromatic heterocycles. The van der Waals surface area contributed by atoms with Gasteiger partial charge in [-0.15, -0.1) is 0 Å². The van der Waals surface area contributed by atoms with Crippen LogP contribution in [-0.4, -0.2) is 53.8 Å². The van der Waals surface area contributed by atoms with E-state index in [9.17, 15) is 14.5 Å². The van der Waals surface area contributed by atoms with Crippen LogP contribution in [0, 0.1) is 15.9 Å². The molecule has 20 heavy (non-hydrogen) atoms. The molecule has 7 heteroatoms. The van der Waals surface area contributed by atoms with E-state index in [2.05, 4.69) is 4.90 Å². The zero-order valence-corrected chi connectivity index (χ0v) is 11.3. The lowest BCUT2D eigenvalue weighted by Crippen LogP contribution is -2.50. The number of nitro benzene ring substituents is 1.